The van der Waals surface area contributed by atoms with Crippen LogP contribution >= 0.6 is 11.3 Å². The molecule has 0 fully saturated rings. The highest BCUT2D eigenvalue weighted by molar-refractivity contribution is 7.16. The predicted molar refractivity (Wildman–Crippen MR) is 67.1 cm³/mol. The lowest BCUT2D eigenvalue weighted by Crippen LogP contribution is -1.98. The van der Waals surface area contributed by atoms with E-state index < -0.39 is 17.5 Å². The highest BCUT2D eigenvalue weighted by Crippen LogP contribution is 2.27. The fourth-order valence-corrected chi connectivity index (χ4v) is 2.46. The number of benzene rings is 1. The van der Waals surface area contributed by atoms with Gasteiger partial charge in [-0.15, -0.1) is 11.3 Å². The second-order valence-electron chi connectivity index (χ2n) is 3.83. The van der Waals surface area contributed by atoms with Gasteiger partial charge < -0.3 is 5.73 Å². The number of anilines is 1. The summed E-state index contributed by atoms with van der Waals surface area (Å²) < 4.78 is 39.3. The number of hydrogen-bond donors (Lipinski definition) is 1. The molecule has 3 rings (SSSR count). The van der Waals surface area contributed by atoms with E-state index in [1.54, 1.807) is 11.4 Å². The van der Waals surface area contributed by atoms with Crippen molar-refractivity contribution in [2.24, 2.45) is 0 Å². The molecule has 0 bridgehead atoms. The van der Waals surface area contributed by atoms with Crippen molar-refractivity contribution in [3.63, 3.8) is 0 Å². The van der Waals surface area contributed by atoms with Crippen molar-refractivity contribution in [3.8, 4) is 11.4 Å². The first-order valence-electron chi connectivity index (χ1n) is 5.22. The molecular weight excluding hydrogens is 275 g/mol. The van der Waals surface area contributed by atoms with E-state index in [0.29, 0.717) is 10.2 Å². The minimum absolute atomic E-state index is 0.0402. The van der Waals surface area contributed by atoms with Crippen molar-refractivity contribution in [3.05, 3.63) is 41.0 Å². The van der Waals surface area contributed by atoms with E-state index in [4.69, 9.17) is 5.73 Å². The first-order chi connectivity index (χ1) is 9.06. The molecule has 0 saturated carbocycles. The standard InChI is InChI=1S/C12H6F3N3S/c13-7-3-5(4-8(14)9(7)15)11-17-10(16)6-1-2-19-12(6)18-11/h1-4H,(H2,16,17,18). The average molecular weight is 281 g/mol. The van der Waals surface area contributed by atoms with Crippen LogP contribution in [0.4, 0.5) is 19.0 Å². The number of nitrogens with zero attached hydrogens (tertiary/aromatic N) is 2. The summed E-state index contributed by atoms with van der Waals surface area (Å²) in [6, 6.07) is 3.43. The lowest BCUT2D eigenvalue weighted by molar-refractivity contribution is 0.447. The molecule has 0 unspecified atom stereocenters. The number of rotatable bonds is 1. The van der Waals surface area contributed by atoms with Crippen LogP contribution in [0.2, 0.25) is 0 Å². The maximum atomic E-state index is 13.2. The Hall–Kier alpha value is -2.15. The van der Waals surface area contributed by atoms with Crippen LogP contribution in [0.3, 0.4) is 0 Å². The largest absolute Gasteiger partial charge is 0.383 e. The predicted octanol–water partition coefficient (Wildman–Crippen LogP) is 3.36. The first-order valence-corrected chi connectivity index (χ1v) is 6.10. The molecule has 0 spiro atoms. The summed E-state index contributed by atoms with van der Waals surface area (Å²) in [4.78, 5) is 8.73. The van der Waals surface area contributed by atoms with Crippen molar-refractivity contribution in [2.45, 2.75) is 0 Å². The van der Waals surface area contributed by atoms with Gasteiger partial charge in [-0.25, -0.2) is 23.1 Å². The van der Waals surface area contributed by atoms with Gasteiger partial charge in [0.25, 0.3) is 0 Å². The molecule has 0 radical (unpaired) electrons. The third-order valence-electron chi connectivity index (χ3n) is 2.60. The summed E-state index contributed by atoms with van der Waals surface area (Å²) in [6.07, 6.45) is 0. The average Bonchev–Trinajstić information content (AvgIpc) is 2.84. The van der Waals surface area contributed by atoms with E-state index in [-0.39, 0.29) is 17.2 Å². The van der Waals surface area contributed by atoms with E-state index >= 15 is 0 Å². The number of fused-ring (bicyclic) bond motifs is 1. The number of thiophene rings is 1. The SMILES string of the molecule is Nc1nc(-c2cc(F)c(F)c(F)c2)nc2sccc12. The van der Waals surface area contributed by atoms with E-state index in [2.05, 4.69) is 9.97 Å². The molecule has 3 aromatic rings. The van der Waals surface area contributed by atoms with Crippen LogP contribution in [0.1, 0.15) is 0 Å². The minimum atomic E-state index is -1.52. The zero-order chi connectivity index (χ0) is 13.6. The van der Waals surface area contributed by atoms with Gasteiger partial charge in [0.2, 0.25) is 0 Å². The molecule has 2 heterocycles. The molecule has 2 aromatic heterocycles. The van der Waals surface area contributed by atoms with Crippen LogP contribution in [0.25, 0.3) is 21.6 Å². The maximum absolute atomic E-state index is 13.2. The fourth-order valence-electron chi connectivity index (χ4n) is 1.69. The monoisotopic (exact) mass is 281 g/mol. The Labute approximate surface area is 109 Å². The van der Waals surface area contributed by atoms with Crippen LogP contribution in [-0.4, -0.2) is 9.97 Å². The maximum Gasteiger partial charge on any atom is 0.194 e. The van der Waals surface area contributed by atoms with Crippen molar-refractivity contribution >= 4 is 27.4 Å². The molecule has 0 aliphatic heterocycles. The molecule has 19 heavy (non-hydrogen) atoms. The third kappa shape index (κ3) is 1.91. The van der Waals surface area contributed by atoms with Gasteiger partial charge in [-0.3, -0.25) is 0 Å². The molecule has 0 amide bonds. The molecular formula is C12H6F3N3S. The zero-order valence-electron chi connectivity index (χ0n) is 9.32. The number of hydrogen-bond acceptors (Lipinski definition) is 4. The quantitative estimate of drug-likeness (QED) is 0.696. The molecule has 7 heteroatoms. The molecule has 96 valence electrons. The molecule has 0 atom stereocenters. The van der Waals surface area contributed by atoms with Gasteiger partial charge in [0.1, 0.15) is 10.6 Å². The second-order valence-corrected chi connectivity index (χ2v) is 4.72. The van der Waals surface area contributed by atoms with E-state index in [0.717, 1.165) is 12.1 Å². The van der Waals surface area contributed by atoms with Gasteiger partial charge in [-0.05, 0) is 23.6 Å². The third-order valence-corrected chi connectivity index (χ3v) is 3.40. The van der Waals surface area contributed by atoms with Crippen molar-refractivity contribution in [2.75, 3.05) is 5.73 Å². The van der Waals surface area contributed by atoms with Crippen molar-refractivity contribution < 1.29 is 13.2 Å². The highest BCUT2D eigenvalue weighted by atomic mass is 32.1. The molecule has 0 saturated heterocycles. The second kappa shape index (κ2) is 4.20. The van der Waals surface area contributed by atoms with Crippen LogP contribution in [0.5, 0.6) is 0 Å². The topological polar surface area (TPSA) is 51.8 Å². The molecule has 3 nitrogen and oxygen atoms in total. The summed E-state index contributed by atoms with van der Waals surface area (Å²) in [5.41, 5.74) is 5.78. The van der Waals surface area contributed by atoms with Crippen LogP contribution in [0, 0.1) is 17.5 Å². The Balaban J connectivity index is 2.24. The molecule has 0 aliphatic rings. The van der Waals surface area contributed by atoms with E-state index in [1.165, 1.54) is 11.3 Å². The number of nitrogen functional groups attached to an aromatic ring is 1. The summed E-state index contributed by atoms with van der Waals surface area (Å²) in [5, 5.41) is 2.46. The normalized spacial score (nSPS) is 11.1. The summed E-state index contributed by atoms with van der Waals surface area (Å²) in [5.74, 6) is -3.82. The Morgan fingerprint density at radius 2 is 1.74 bits per heavy atom. The summed E-state index contributed by atoms with van der Waals surface area (Å²) in [6.45, 7) is 0. The Morgan fingerprint density at radius 1 is 1.05 bits per heavy atom. The van der Waals surface area contributed by atoms with Gasteiger partial charge in [0.15, 0.2) is 23.3 Å². The van der Waals surface area contributed by atoms with Crippen molar-refractivity contribution in [1.29, 1.82) is 0 Å². The van der Waals surface area contributed by atoms with Gasteiger partial charge in [0, 0.05) is 5.56 Å². The Bertz CT molecular complexity index is 762. The van der Waals surface area contributed by atoms with E-state index in [1.807, 2.05) is 0 Å². The zero-order valence-corrected chi connectivity index (χ0v) is 10.1. The number of nitrogens with two attached hydrogens (primary N) is 1. The molecule has 2 N–H and O–H groups in total. The minimum Gasteiger partial charge on any atom is -0.383 e. The van der Waals surface area contributed by atoms with Gasteiger partial charge >= 0.3 is 0 Å². The molecule has 0 aliphatic carbocycles. The first kappa shape index (κ1) is 11.9. The smallest absolute Gasteiger partial charge is 0.194 e. The van der Waals surface area contributed by atoms with Crippen molar-refractivity contribution in [1.82, 2.24) is 9.97 Å². The van der Waals surface area contributed by atoms with Gasteiger partial charge in [-0.2, -0.15) is 0 Å². The highest BCUT2D eigenvalue weighted by Gasteiger charge is 2.14. The van der Waals surface area contributed by atoms with Crippen LogP contribution < -0.4 is 5.73 Å². The number of aromatic nitrogens is 2. The lowest BCUT2D eigenvalue weighted by atomic mass is 10.2. The van der Waals surface area contributed by atoms with Crippen LogP contribution in [-0.2, 0) is 0 Å². The lowest BCUT2D eigenvalue weighted by Gasteiger charge is -2.04. The van der Waals surface area contributed by atoms with Gasteiger partial charge in [-0.1, -0.05) is 0 Å². The Morgan fingerprint density at radius 3 is 2.42 bits per heavy atom. The summed E-state index contributed by atoms with van der Waals surface area (Å²) >= 11 is 1.33. The Kier molecular flexibility index (Phi) is 2.63. The van der Waals surface area contributed by atoms with Gasteiger partial charge in [0.05, 0.1) is 5.39 Å². The van der Waals surface area contributed by atoms with Crippen LogP contribution in [0.15, 0.2) is 23.6 Å². The van der Waals surface area contributed by atoms with E-state index in [9.17, 15) is 13.2 Å². The summed E-state index contributed by atoms with van der Waals surface area (Å²) in [7, 11) is 0. The fraction of sp³-hybridized carbons (Fsp3) is 0. The number of halogens is 3. The molecule has 1 aromatic carbocycles.